The van der Waals surface area contributed by atoms with Crippen molar-refractivity contribution in [1.29, 1.82) is 0 Å². The largest absolute Gasteiger partial charge is 0.409 e. The van der Waals surface area contributed by atoms with Gasteiger partial charge in [0.2, 0.25) is 0 Å². The van der Waals surface area contributed by atoms with Crippen LogP contribution in [0.2, 0.25) is 0 Å². The van der Waals surface area contributed by atoms with Gasteiger partial charge in [0.1, 0.15) is 0 Å². The lowest BCUT2D eigenvalue weighted by molar-refractivity contribution is -0.0800. The van der Waals surface area contributed by atoms with Crippen molar-refractivity contribution in [2.75, 3.05) is 0 Å². The Kier molecular flexibility index (Phi) is 8.53. The van der Waals surface area contributed by atoms with Crippen LogP contribution in [0.1, 0.15) is 58.3 Å². The molecule has 0 aliphatic carbocycles. The molecule has 15 heavy (non-hydrogen) atoms. The van der Waals surface area contributed by atoms with E-state index in [4.69, 9.17) is 0 Å². The Bertz CT molecular complexity index is 159. The average molecular weight is 222 g/mol. The van der Waals surface area contributed by atoms with Gasteiger partial charge in [-0.1, -0.05) is 51.5 Å². The van der Waals surface area contributed by atoms with E-state index in [1.165, 1.54) is 31.8 Å². The van der Waals surface area contributed by atoms with Gasteiger partial charge in [-0.15, -0.1) is 0 Å². The molecule has 0 radical (unpaired) electrons. The van der Waals surface area contributed by atoms with Gasteiger partial charge in [0.15, 0.2) is 0 Å². The Morgan fingerprint density at radius 3 is 1.93 bits per heavy atom. The van der Waals surface area contributed by atoms with Gasteiger partial charge in [-0.2, -0.15) is 13.2 Å². The molecule has 3 heteroatoms. The van der Waals surface area contributed by atoms with E-state index in [0.29, 0.717) is 12.5 Å². The molecule has 0 saturated carbocycles. The highest BCUT2D eigenvalue weighted by Crippen LogP contribution is 2.17. The summed E-state index contributed by atoms with van der Waals surface area (Å²) in [6.07, 6.45) is 6.03. The molecule has 0 nitrogen and oxygen atoms in total. The maximum atomic E-state index is 11.7. The zero-order valence-electron chi connectivity index (χ0n) is 9.45. The molecule has 0 unspecified atom stereocenters. The van der Waals surface area contributed by atoms with Crippen LogP contribution in [0.3, 0.4) is 0 Å². The first-order valence-electron chi connectivity index (χ1n) is 5.80. The van der Waals surface area contributed by atoms with Crippen LogP contribution in [0.4, 0.5) is 13.2 Å². The summed E-state index contributed by atoms with van der Waals surface area (Å²) in [5.41, 5.74) is 0. The molecule has 0 aromatic carbocycles. The second kappa shape index (κ2) is 8.81. The van der Waals surface area contributed by atoms with Crippen molar-refractivity contribution in [2.45, 2.75) is 64.5 Å². The zero-order chi connectivity index (χ0) is 11.6. The summed E-state index contributed by atoms with van der Waals surface area (Å²) >= 11 is 0. The third kappa shape index (κ3) is 13.5. The Labute approximate surface area is 90.6 Å². The van der Waals surface area contributed by atoms with E-state index in [1.807, 2.05) is 0 Å². The molecule has 0 spiro atoms. The summed E-state index contributed by atoms with van der Waals surface area (Å²) < 4.78 is 35.1. The molecular weight excluding hydrogens is 201 g/mol. The molecule has 0 aromatic heterocycles. The van der Waals surface area contributed by atoms with Gasteiger partial charge in [0.05, 0.1) is 0 Å². The van der Waals surface area contributed by atoms with Crippen molar-refractivity contribution in [1.82, 2.24) is 0 Å². The Balaban J connectivity index is 3.15. The molecule has 0 aliphatic heterocycles. The van der Waals surface area contributed by atoms with Gasteiger partial charge in [0, 0.05) is 6.08 Å². The standard InChI is InChI=1S/C12H21F3/c1-2-3-4-5-6-7-8-9-10-11-12(13,14)15/h10-11H,2-9H2,1H3/b11-10-. The van der Waals surface area contributed by atoms with Gasteiger partial charge in [-0.3, -0.25) is 0 Å². The molecule has 0 fully saturated rings. The minimum atomic E-state index is -4.14. The van der Waals surface area contributed by atoms with Gasteiger partial charge >= 0.3 is 6.18 Å². The van der Waals surface area contributed by atoms with E-state index in [9.17, 15) is 13.2 Å². The van der Waals surface area contributed by atoms with Crippen LogP contribution >= 0.6 is 0 Å². The number of hydrogen-bond acceptors (Lipinski definition) is 0. The van der Waals surface area contributed by atoms with E-state index in [2.05, 4.69) is 6.92 Å². The van der Waals surface area contributed by atoms with Crippen LogP contribution in [0.15, 0.2) is 12.2 Å². The fourth-order valence-electron chi connectivity index (χ4n) is 1.44. The number of rotatable bonds is 8. The van der Waals surface area contributed by atoms with Crippen molar-refractivity contribution in [3.63, 3.8) is 0 Å². The highest BCUT2D eigenvalue weighted by molar-refractivity contribution is 4.88. The third-order valence-corrected chi connectivity index (χ3v) is 2.28. The Morgan fingerprint density at radius 1 is 0.867 bits per heavy atom. The fraction of sp³-hybridized carbons (Fsp3) is 0.833. The van der Waals surface area contributed by atoms with Crippen molar-refractivity contribution in [2.24, 2.45) is 0 Å². The molecule has 0 bridgehead atoms. The first-order chi connectivity index (χ1) is 7.06. The van der Waals surface area contributed by atoms with Crippen LogP contribution in [0, 0.1) is 0 Å². The number of allylic oxidation sites excluding steroid dienone is 2. The number of halogens is 3. The summed E-state index contributed by atoms with van der Waals surface area (Å²) in [6, 6.07) is 0. The lowest BCUT2D eigenvalue weighted by Gasteiger charge is -1.99. The number of hydrogen-bond donors (Lipinski definition) is 0. The van der Waals surface area contributed by atoms with E-state index in [1.54, 1.807) is 0 Å². The average Bonchev–Trinajstić information content (AvgIpc) is 2.14. The summed E-state index contributed by atoms with van der Waals surface area (Å²) in [5, 5.41) is 0. The quantitative estimate of drug-likeness (QED) is 0.389. The highest BCUT2D eigenvalue weighted by atomic mass is 19.4. The third-order valence-electron chi connectivity index (χ3n) is 2.28. The molecule has 0 N–H and O–H groups in total. The second-order valence-corrected chi connectivity index (χ2v) is 3.85. The molecule has 0 atom stereocenters. The van der Waals surface area contributed by atoms with Crippen LogP contribution in [-0.2, 0) is 0 Å². The lowest BCUT2D eigenvalue weighted by Crippen LogP contribution is -2.00. The highest BCUT2D eigenvalue weighted by Gasteiger charge is 2.21. The topological polar surface area (TPSA) is 0 Å². The normalized spacial score (nSPS) is 12.5. The molecule has 0 aliphatic rings. The summed E-state index contributed by atoms with van der Waals surface area (Å²) in [4.78, 5) is 0. The number of alkyl halides is 3. The lowest BCUT2D eigenvalue weighted by atomic mass is 10.1. The van der Waals surface area contributed by atoms with Crippen LogP contribution in [0.25, 0.3) is 0 Å². The molecule has 0 aromatic rings. The molecule has 0 saturated heterocycles. The first-order valence-corrected chi connectivity index (χ1v) is 5.80. The van der Waals surface area contributed by atoms with Crippen LogP contribution in [-0.4, -0.2) is 6.18 Å². The fourth-order valence-corrected chi connectivity index (χ4v) is 1.44. The van der Waals surface area contributed by atoms with Gasteiger partial charge < -0.3 is 0 Å². The van der Waals surface area contributed by atoms with Crippen molar-refractivity contribution in [3.05, 3.63) is 12.2 Å². The monoisotopic (exact) mass is 222 g/mol. The van der Waals surface area contributed by atoms with Crippen molar-refractivity contribution >= 4 is 0 Å². The maximum Gasteiger partial charge on any atom is 0.409 e. The number of unbranched alkanes of at least 4 members (excludes halogenated alkanes) is 7. The minimum Gasteiger partial charge on any atom is -0.167 e. The predicted molar refractivity (Wildman–Crippen MR) is 57.8 cm³/mol. The molecule has 0 rings (SSSR count). The Morgan fingerprint density at radius 2 is 1.40 bits per heavy atom. The minimum absolute atomic E-state index is 0.337. The van der Waals surface area contributed by atoms with E-state index in [0.717, 1.165) is 19.3 Å². The van der Waals surface area contributed by atoms with Crippen molar-refractivity contribution < 1.29 is 13.2 Å². The molecule has 90 valence electrons. The summed E-state index contributed by atoms with van der Waals surface area (Å²) in [6.45, 7) is 2.17. The summed E-state index contributed by atoms with van der Waals surface area (Å²) in [7, 11) is 0. The van der Waals surface area contributed by atoms with E-state index in [-0.39, 0.29) is 0 Å². The molecule has 0 heterocycles. The Hall–Kier alpha value is -0.470. The first kappa shape index (κ1) is 14.5. The smallest absolute Gasteiger partial charge is 0.167 e. The van der Waals surface area contributed by atoms with Crippen molar-refractivity contribution in [3.8, 4) is 0 Å². The van der Waals surface area contributed by atoms with E-state index >= 15 is 0 Å². The summed E-state index contributed by atoms with van der Waals surface area (Å²) in [5.74, 6) is 0. The van der Waals surface area contributed by atoms with E-state index < -0.39 is 6.18 Å². The van der Waals surface area contributed by atoms with Gasteiger partial charge in [-0.25, -0.2) is 0 Å². The SMILES string of the molecule is CCCCCCCCC/C=C\C(F)(F)F. The van der Waals surface area contributed by atoms with Crippen LogP contribution < -0.4 is 0 Å². The maximum absolute atomic E-state index is 11.7. The van der Waals surface area contributed by atoms with Gasteiger partial charge in [0.25, 0.3) is 0 Å². The zero-order valence-corrected chi connectivity index (χ0v) is 9.45. The second-order valence-electron chi connectivity index (χ2n) is 3.85. The molecular formula is C12H21F3. The predicted octanol–water partition coefficient (Wildman–Crippen LogP) is 5.25. The molecule has 0 amide bonds. The van der Waals surface area contributed by atoms with Gasteiger partial charge in [-0.05, 0) is 12.8 Å². The van der Waals surface area contributed by atoms with Crippen LogP contribution in [0.5, 0.6) is 0 Å².